The number of hydrogen-bond acceptors (Lipinski definition) is 5. The van der Waals surface area contributed by atoms with Crippen molar-refractivity contribution >= 4 is 11.9 Å². The average molecular weight is 1030 g/mol. The van der Waals surface area contributed by atoms with Gasteiger partial charge in [-0.15, -0.1) is 0 Å². The SMILES string of the molecule is CCCCCCCCCCCCCCCCCCCCCCCCC(O)C(CO)NC(=O)CCCCCCCCCCCCCCCCCOC(=O)CCCCCCCCCCCCCCCCCCCCC. The molecule has 0 saturated heterocycles. The summed E-state index contributed by atoms with van der Waals surface area (Å²) in [6.45, 7) is 4.99. The van der Waals surface area contributed by atoms with E-state index in [0.29, 0.717) is 25.9 Å². The zero-order valence-electron chi connectivity index (χ0n) is 49.9. The van der Waals surface area contributed by atoms with Gasteiger partial charge in [0.05, 0.1) is 25.4 Å². The molecule has 0 aromatic heterocycles. The molecule has 0 saturated carbocycles. The summed E-state index contributed by atoms with van der Waals surface area (Å²) in [7, 11) is 0. The fourth-order valence-electron chi connectivity index (χ4n) is 11.0. The Kier molecular flexibility index (Phi) is 62.4. The summed E-state index contributed by atoms with van der Waals surface area (Å²) in [5.41, 5.74) is 0. The third-order valence-electron chi connectivity index (χ3n) is 16.2. The van der Waals surface area contributed by atoms with Crippen LogP contribution in [0.25, 0.3) is 0 Å². The van der Waals surface area contributed by atoms with E-state index in [9.17, 15) is 19.8 Å². The molecule has 2 unspecified atom stereocenters. The van der Waals surface area contributed by atoms with Gasteiger partial charge in [-0.05, 0) is 25.7 Å². The van der Waals surface area contributed by atoms with Crippen LogP contribution in [-0.2, 0) is 14.3 Å². The molecule has 0 aliphatic heterocycles. The van der Waals surface area contributed by atoms with E-state index < -0.39 is 12.1 Å². The molecular weight excluding hydrogens is 899 g/mol. The van der Waals surface area contributed by atoms with Crippen molar-refractivity contribution in [3.8, 4) is 0 Å². The van der Waals surface area contributed by atoms with Crippen LogP contribution in [0.2, 0.25) is 0 Å². The van der Waals surface area contributed by atoms with E-state index in [1.165, 1.54) is 315 Å². The van der Waals surface area contributed by atoms with Crippen molar-refractivity contribution in [2.45, 2.75) is 405 Å². The van der Waals surface area contributed by atoms with Crippen LogP contribution in [0.4, 0.5) is 0 Å². The van der Waals surface area contributed by atoms with Crippen LogP contribution in [-0.4, -0.2) is 47.4 Å². The van der Waals surface area contributed by atoms with E-state index in [-0.39, 0.29) is 18.5 Å². The highest BCUT2D eigenvalue weighted by Crippen LogP contribution is 2.19. The summed E-state index contributed by atoms with van der Waals surface area (Å²) in [6, 6.07) is -0.548. The minimum atomic E-state index is -0.670. The van der Waals surface area contributed by atoms with Gasteiger partial charge in [0.2, 0.25) is 5.91 Å². The summed E-state index contributed by atoms with van der Waals surface area (Å²) in [6.07, 6.45) is 75.5. The van der Waals surface area contributed by atoms with Crippen LogP contribution in [0.5, 0.6) is 0 Å². The molecule has 3 N–H and O–H groups in total. The van der Waals surface area contributed by atoms with Crippen molar-refractivity contribution in [3.05, 3.63) is 0 Å². The number of nitrogens with one attached hydrogen (secondary N) is 1. The highest BCUT2D eigenvalue weighted by atomic mass is 16.5. The molecule has 0 aliphatic rings. The van der Waals surface area contributed by atoms with E-state index in [4.69, 9.17) is 4.74 Å². The lowest BCUT2D eigenvalue weighted by Crippen LogP contribution is -2.45. The standard InChI is InChI=1S/C67H133NO5/c1-3-5-7-9-11-13-15-17-19-21-23-24-25-27-28-31-35-39-43-47-51-55-59-65(70)64(63-69)68-66(71)60-56-52-48-44-40-36-32-30-34-38-42-46-50-54-58-62-73-67(72)61-57-53-49-45-41-37-33-29-26-22-20-18-16-14-12-10-8-6-4-2/h64-65,69-70H,3-63H2,1-2H3,(H,68,71). The first-order valence-corrected chi connectivity index (χ1v) is 33.8. The molecule has 0 rings (SSSR count). The maximum Gasteiger partial charge on any atom is 0.305 e. The zero-order chi connectivity index (χ0) is 52.9. The lowest BCUT2D eigenvalue weighted by molar-refractivity contribution is -0.143. The molecule has 0 aromatic rings. The maximum absolute atomic E-state index is 12.5. The number of aliphatic hydroxyl groups is 2. The van der Waals surface area contributed by atoms with Gasteiger partial charge in [-0.2, -0.15) is 0 Å². The molecule has 0 fully saturated rings. The molecule has 1 amide bonds. The van der Waals surface area contributed by atoms with Gasteiger partial charge in [-0.25, -0.2) is 0 Å². The number of rotatable bonds is 64. The molecule has 0 spiro atoms. The highest BCUT2D eigenvalue weighted by Gasteiger charge is 2.20. The normalized spacial score (nSPS) is 12.4. The van der Waals surface area contributed by atoms with Gasteiger partial charge in [0.1, 0.15) is 0 Å². The van der Waals surface area contributed by atoms with E-state index >= 15 is 0 Å². The van der Waals surface area contributed by atoms with E-state index in [0.717, 1.165) is 44.9 Å². The smallest absolute Gasteiger partial charge is 0.305 e. The second kappa shape index (κ2) is 63.4. The van der Waals surface area contributed by atoms with E-state index in [1.807, 2.05) is 0 Å². The second-order valence-electron chi connectivity index (χ2n) is 23.5. The Morgan fingerprint density at radius 3 is 0.836 bits per heavy atom. The van der Waals surface area contributed by atoms with Crippen molar-refractivity contribution in [1.29, 1.82) is 0 Å². The first kappa shape index (κ1) is 71.9. The molecule has 436 valence electrons. The molecule has 2 atom stereocenters. The van der Waals surface area contributed by atoms with Gasteiger partial charge in [0.25, 0.3) is 0 Å². The van der Waals surface area contributed by atoms with Crippen molar-refractivity contribution in [2.24, 2.45) is 0 Å². The van der Waals surface area contributed by atoms with Crippen LogP contribution in [0.15, 0.2) is 0 Å². The molecule has 0 heterocycles. The summed E-state index contributed by atoms with van der Waals surface area (Å²) in [5.74, 6) is -0.0306. The third kappa shape index (κ3) is 60.0. The van der Waals surface area contributed by atoms with Crippen molar-refractivity contribution < 1.29 is 24.5 Å². The molecule has 0 bridgehead atoms. The fourth-order valence-corrected chi connectivity index (χ4v) is 11.0. The van der Waals surface area contributed by atoms with Crippen molar-refractivity contribution in [3.63, 3.8) is 0 Å². The second-order valence-corrected chi connectivity index (χ2v) is 23.5. The Balaban J connectivity index is 3.39. The number of aliphatic hydroxyl groups excluding tert-OH is 2. The van der Waals surface area contributed by atoms with Crippen LogP contribution < -0.4 is 5.32 Å². The number of carbonyl (C=O) groups is 2. The lowest BCUT2D eigenvalue weighted by atomic mass is 10.0. The van der Waals surface area contributed by atoms with Gasteiger partial charge in [0, 0.05) is 12.8 Å². The summed E-state index contributed by atoms with van der Waals surface area (Å²) in [5, 5.41) is 23.4. The summed E-state index contributed by atoms with van der Waals surface area (Å²) < 4.78 is 5.50. The van der Waals surface area contributed by atoms with Crippen molar-refractivity contribution in [1.82, 2.24) is 5.32 Å². The Hall–Kier alpha value is -1.14. The maximum atomic E-state index is 12.5. The molecule has 6 heteroatoms. The summed E-state index contributed by atoms with van der Waals surface area (Å²) in [4.78, 5) is 24.7. The Labute approximate surface area is 457 Å². The number of esters is 1. The first-order chi connectivity index (χ1) is 36.0. The first-order valence-electron chi connectivity index (χ1n) is 33.8. The average Bonchev–Trinajstić information content (AvgIpc) is 3.39. The molecule has 0 aliphatic carbocycles. The number of unbranched alkanes of at least 4 members (excludes halogenated alkanes) is 53. The Morgan fingerprint density at radius 2 is 0.562 bits per heavy atom. The van der Waals surface area contributed by atoms with Crippen LogP contribution in [0.1, 0.15) is 393 Å². The minimum absolute atomic E-state index is 0.00729. The van der Waals surface area contributed by atoms with E-state index in [2.05, 4.69) is 19.2 Å². The monoisotopic (exact) mass is 1030 g/mol. The number of ether oxygens (including phenoxy) is 1. The van der Waals surface area contributed by atoms with Crippen LogP contribution in [0.3, 0.4) is 0 Å². The molecule has 0 radical (unpaired) electrons. The fraction of sp³-hybridized carbons (Fsp3) is 0.970. The number of amides is 1. The highest BCUT2D eigenvalue weighted by molar-refractivity contribution is 5.76. The largest absolute Gasteiger partial charge is 0.466 e. The molecule has 0 aromatic carbocycles. The number of hydrogen-bond donors (Lipinski definition) is 3. The van der Waals surface area contributed by atoms with E-state index in [1.54, 1.807) is 0 Å². The Bertz CT molecular complexity index is 1050. The van der Waals surface area contributed by atoms with Crippen LogP contribution >= 0.6 is 0 Å². The number of carbonyl (C=O) groups excluding carboxylic acids is 2. The van der Waals surface area contributed by atoms with Gasteiger partial charge < -0.3 is 20.3 Å². The Morgan fingerprint density at radius 1 is 0.329 bits per heavy atom. The van der Waals surface area contributed by atoms with Crippen LogP contribution in [0, 0.1) is 0 Å². The zero-order valence-corrected chi connectivity index (χ0v) is 49.9. The molecule has 73 heavy (non-hydrogen) atoms. The minimum Gasteiger partial charge on any atom is -0.466 e. The van der Waals surface area contributed by atoms with Crippen molar-refractivity contribution in [2.75, 3.05) is 13.2 Å². The third-order valence-corrected chi connectivity index (χ3v) is 16.2. The topological polar surface area (TPSA) is 95.9 Å². The van der Waals surface area contributed by atoms with Gasteiger partial charge >= 0.3 is 5.97 Å². The quantitative estimate of drug-likeness (QED) is 0.0417. The van der Waals surface area contributed by atoms with Gasteiger partial charge in [0.15, 0.2) is 0 Å². The predicted molar refractivity (Wildman–Crippen MR) is 320 cm³/mol. The molecule has 6 nitrogen and oxygen atoms in total. The predicted octanol–water partition coefficient (Wildman–Crippen LogP) is 21.4. The summed E-state index contributed by atoms with van der Waals surface area (Å²) >= 11 is 0. The molecular formula is C67H133NO5. The van der Waals surface area contributed by atoms with Gasteiger partial charge in [-0.1, -0.05) is 354 Å². The van der Waals surface area contributed by atoms with Gasteiger partial charge in [-0.3, -0.25) is 9.59 Å². The lowest BCUT2D eigenvalue weighted by Gasteiger charge is -2.22.